The molecule has 4 heteroatoms. The molecule has 0 aliphatic rings. The first-order valence-corrected chi connectivity index (χ1v) is 5.09. The van der Waals surface area contributed by atoms with Crippen molar-refractivity contribution in [2.75, 3.05) is 13.7 Å². The first-order chi connectivity index (χ1) is 8.26. The van der Waals surface area contributed by atoms with E-state index >= 15 is 0 Å². The van der Waals surface area contributed by atoms with E-state index in [0.717, 1.165) is 5.56 Å². The van der Waals surface area contributed by atoms with Gasteiger partial charge in [-0.2, -0.15) is 5.26 Å². The molecule has 0 aliphatic heterocycles. The van der Waals surface area contributed by atoms with Crippen molar-refractivity contribution in [2.45, 2.75) is 6.42 Å². The number of hydrogen-bond acceptors (Lipinski definition) is 4. The van der Waals surface area contributed by atoms with Crippen molar-refractivity contribution in [1.29, 1.82) is 5.26 Å². The number of methoxy groups -OCH3 is 1. The zero-order valence-electron chi connectivity index (χ0n) is 9.55. The van der Waals surface area contributed by atoms with E-state index in [4.69, 9.17) is 10.00 Å². The third-order valence-corrected chi connectivity index (χ3v) is 1.98. The maximum absolute atomic E-state index is 10.8. The number of esters is 1. The minimum absolute atomic E-state index is 0.0971. The van der Waals surface area contributed by atoms with Crippen molar-refractivity contribution in [3.05, 3.63) is 35.9 Å². The fourth-order valence-corrected chi connectivity index (χ4v) is 1.12. The molecule has 1 aromatic carbocycles. The summed E-state index contributed by atoms with van der Waals surface area (Å²) in [6, 6.07) is 9.24. The number of nitriles is 1. The fraction of sp³-hybridized carbons (Fsp3) is 0.231. The van der Waals surface area contributed by atoms with Crippen molar-refractivity contribution in [2.24, 2.45) is 0 Å². The van der Waals surface area contributed by atoms with Gasteiger partial charge in [-0.1, -0.05) is 24.3 Å². The fourth-order valence-electron chi connectivity index (χ4n) is 1.12. The lowest BCUT2D eigenvalue weighted by Crippen LogP contribution is -2.12. The van der Waals surface area contributed by atoms with Crippen LogP contribution in [0.4, 0.5) is 0 Å². The number of carbonyl (C=O) groups excluding carboxylic acids is 1. The Morgan fingerprint density at radius 2 is 2.12 bits per heavy atom. The summed E-state index contributed by atoms with van der Waals surface area (Å²) >= 11 is 0. The molecule has 0 heterocycles. The van der Waals surface area contributed by atoms with Crippen LogP contribution >= 0.6 is 0 Å². The molecule has 17 heavy (non-hydrogen) atoms. The monoisotopic (exact) mass is 231 g/mol. The SMILES string of the molecule is COC(=O)COc1ccc(C=CCC#N)cc1. The minimum atomic E-state index is -0.414. The van der Waals surface area contributed by atoms with Gasteiger partial charge in [0.15, 0.2) is 6.61 Å². The second kappa shape index (κ2) is 7.07. The molecule has 0 fully saturated rings. The maximum atomic E-state index is 10.8. The first kappa shape index (κ1) is 12.8. The van der Waals surface area contributed by atoms with E-state index in [1.54, 1.807) is 18.2 Å². The maximum Gasteiger partial charge on any atom is 0.343 e. The molecular formula is C13H13NO3. The molecule has 1 rings (SSSR count). The molecule has 1 aromatic rings. The molecule has 0 N–H and O–H groups in total. The Morgan fingerprint density at radius 3 is 2.71 bits per heavy atom. The molecule has 0 saturated heterocycles. The molecule has 88 valence electrons. The van der Waals surface area contributed by atoms with Crippen molar-refractivity contribution >= 4 is 12.0 Å². The van der Waals surface area contributed by atoms with Crippen LogP contribution in [-0.4, -0.2) is 19.7 Å². The Balaban J connectivity index is 2.50. The van der Waals surface area contributed by atoms with E-state index < -0.39 is 5.97 Å². The van der Waals surface area contributed by atoms with Gasteiger partial charge in [-0.25, -0.2) is 4.79 Å². The zero-order chi connectivity index (χ0) is 12.5. The number of benzene rings is 1. The van der Waals surface area contributed by atoms with E-state index in [0.29, 0.717) is 12.2 Å². The molecular weight excluding hydrogens is 218 g/mol. The van der Waals surface area contributed by atoms with Crippen LogP contribution < -0.4 is 4.74 Å². The summed E-state index contributed by atoms with van der Waals surface area (Å²) in [5.41, 5.74) is 0.977. The van der Waals surface area contributed by atoms with E-state index in [2.05, 4.69) is 4.74 Å². The molecule has 0 aromatic heterocycles. The van der Waals surface area contributed by atoms with Crippen LogP contribution in [0.25, 0.3) is 6.08 Å². The van der Waals surface area contributed by atoms with Gasteiger partial charge in [0.2, 0.25) is 0 Å². The molecule has 0 unspecified atom stereocenters. The van der Waals surface area contributed by atoms with Crippen molar-refractivity contribution in [1.82, 2.24) is 0 Å². The Labute approximate surface area is 100 Å². The van der Waals surface area contributed by atoms with Crippen molar-refractivity contribution in [3.8, 4) is 11.8 Å². The summed E-state index contributed by atoms with van der Waals surface area (Å²) in [5.74, 6) is 0.191. The summed E-state index contributed by atoms with van der Waals surface area (Å²) < 4.78 is 9.64. The first-order valence-electron chi connectivity index (χ1n) is 5.09. The summed E-state index contributed by atoms with van der Waals surface area (Å²) in [4.78, 5) is 10.8. The smallest absolute Gasteiger partial charge is 0.343 e. The lowest BCUT2D eigenvalue weighted by Gasteiger charge is -2.04. The average molecular weight is 231 g/mol. The van der Waals surface area contributed by atoms with Gasteiger partial charge in [0.05, 0.1) is 19.6 Å². The molecule has 0 spiro atoms. The molecule has 0 bridgehead atoms. The molecule has 0 radical (unpaired) electrons. The second-order valence-electron chi connectivity index (χ2n) is 3.20. The molecule has 0 amide bonds. The number of rotatable bonds is 5. The van der Waals surface area contributed by atoms with E-state index in [9.17, 15) is 4.79 Å². The number of carbonyl (C=O) groups is 1. The summed E-state index contributed by atoms with van der Waals surface area (Å²) in [6.07, 6.45) is 4.03. The van der Waals surface area contributed by atoms with Crippen LogP contribution in [0.15, 0.2) is 30.3 Å². The topological polar surface area (TPSA) is 59.3 Å². The minimum Gasteiger partial charge on any atom is -0.482 e. The van der Waals surface area contributed by atoms with Crippen molar-refractivity contribution in [3.63, 3.8) is 0 Å². The molecule has 4 nitrogen and oxygen atoms in total. The van der Waals surface area contributed by atoms with Gasteiger partial charge in [-0.15, -0.1) is 0 Å². The largest absolute Gasteiger partial charge is 0.482 e. The Bertz CT molecular complexity index is 429. The number of hydrogen-bond donors (Lipinski definition) is 0. The van der Waals surface area contributed by atoms with E-state index in [1.807, 2.05) is 24.3 Å². The van der Waals surface area contributed by atoms with Gasteiger partial charge in [0.1, 0.15) is 5.75 Å². The highest BCUT2D eigenvalue weighted by molar-refractivity contribution is 5.70. The standard InChI is InChI=1S/C13H13NO3/c1-16-13(15)10-17-12-7-5-11(6-8-12)4-2-3-9-14/h2,4-8H,3,10H2,1H3. The Kier molecular flexibility index (Phi) is 5.32. The third-order valence-electron chi connectivity index (χ3n) is 1.98. The Morgan fingerprint density at radius 1 is 1.41 bits per heavy atom. The summed E-state index contributed by atoms with van der Waals surface area (Å²) in [7, 11) is 1.31. The normalized spacial score (nSPS) is 9.88. The second-order valence-corrected chi connectivity index (χ2v) is 3.20. The quantitative estimate of drug-likeness (QED) is 0.728. The van der Waals surface area contributed by atoms with Crippen LogP contribution in [0.5, 0.6) is 5.75 Å². The summed E-state index contributed by atoms with van der Waals surface area (Å²) in [6.45, 7) is -0.0971. The highest BCUT2D eigenvalue weighted by Gasteiger charge is 2.00. The molecule has 0 saturated carbocycles. The van der Waals surface area contributed by atoms with Gasteiger partial charge in [0.25, 0.3) is 0 Å². The van der Waals surface area contributed by atoms with Crippen LogP contribution in [0.3, 0.4) is 0 Å². The van der Waals surface area contributed by atoms with E-state index in [-0.39, 0.29) is 6.61 Å². The van der Waals surface area contributed by atoms with Gasteiger partial charge < -0.3 is 9.47 Å². The lowest BCUT2D eigenvalue weighted by molar-refractivity contribution is -0.142. The van der Waals surface area contributed by atoms with Gasteiger partial charge >= 0.3 is 5.97 Å². The average Bonchev–Trinajstić information content (AvgIpc) is 2.37. The summed E-state index contributed by atoms with van der Waals surface area (Å²) in [5, 5.41) is 8.37. The predicted octanol–water partition coefficient (Wildman–Crippen LogP) is 2.17. The predicted molar refractivity (Wildman–Crippen MR) is 63.2 cm³/mol. The molecule has 0 atom stereocenters. The van der Waals surface area contributed by atoms with Crippen LogP contribution in [0, 0.1) is 11.3 Å². The number of allylic oxidation sites excluding steroid dienone is 1. The highest BCUT2D eigenvalue weighted by atomic mass is 16.6. The zero-order valence-corrected chi connectivity index (χ0v) is 9.55. The van der Waals surface area contributed by atoms with Gasteiger partial charge in [-0.05, 0) is 17.7 Å². The Hall–Kier alpha value is -2.28. The van der Waals surface area contributed by atoms with Crippen LogP contribution in [0.1, 0.15) is 12.0 Å². The van der Waals surface area contributed by atoms with Crippen LogP contribution in [-0.2, 0) is 9.53 Å². The van der Waals surface area contributed by atoms with Crippen LogP contribution in [0.2, 0.25) is 0 Å². The molecule has 0 aliphatic carbocycles. The number of nitrogens with zero attached hydrogens (tertiary/aromatic N) is 1. The third kappa shape index (κ3) is 4.85. The van der Waals surface area contributed by atoms with Crippen molar-refractivity contribution < 1.29 is 14.3 Å². The highest BCUT2D eigenvalue weighted by Crippen LogP contribution is 2.13. The van der Waals surface area contributed by atoms with E-state index in [1.165, 1.54) is 7.11 Å². The number of ether oxygens (including phenoxy) is 2. The van der Waals surface area contributed by atoms with Gasteiger partial charge in [-0.3, -0.25) is 0 Å². The van der Waals surface area contributed by atoms with Gasteiger partial charge in [0, 0.05) is 0 Å². The lowest BCUT2D eigenvalue weighted by atomic mass is 10.2.